The third kappa shape index (κ3) is 4.37. The molecule has 0 saturated heterocycles. The van der Waals surface area contributed by atoms with Crippen molar-refractivity contribution in [3.05, 3.63) is 46.7 Å². The first kappa shape index (κ1) is 16.2. The number of rotatable bonds is 7. The summed E-state index contributed by atoms with van der Waals surface area (Å²) in [4.78, 5) is 0.133. The van der Waals surface area contributed by atoms with Gasteiger partial charge >= 0.3 is 0 Å². The molecular weight excluding hydrogens is 358 g/mol. The standard InChI is InChI=1S/C13H16BrN3O3S/c14-12-4-3-11(10-18)9-13(12)21(19,20)16-6-2-8-17-7-1-5-15-17/h1,3-5,7,9,16,18H,2,6,8,10H2. The molecule has 0 spiro atoms. The number of aliphatic hydroxyl groups excluding tert-OH is 1. The van der Waals surface area contributed by atoms with Crippen LogP contribution in [-0.2, 0) is 23.2 Å². The van der Waals surface area contributed by atoms with E-state index < -0.39 is 10.0 Å². The Morgan fingerprint density at radius 2 is 2.19 bits per heavy atom. The maximum atomic E-state index is 12.2. The Bertz CT molecular complexity index is 687. The topological polar surface area (TPSA) is 84.2 Å². The fraction of sp³-hybridized carbons (Fsp3) is 0.308. The lowest BCUT2D eigenvalue weighted by Crippen LogP contribution is -2.26. The number of benzene rings is 1. The summed E-state index contributed by atoms with van der Waals surface area (Å²) in [5.74, 6) is 0. The molecule has 6 nitrogen and oxygen atoms in total. The van der Waals surface area contributed by atoms with Crippen LogP contribution in [0.3, 0.4) is 0 Å². The Hall–Kier alpha value is -1.22. The molecule has 1 aromatic carbocycles. The van der Waals surface area contributed by atoms with Gasteiger partial charge in [-0.15, -0.1) is 0 Å². The average molecular weight is 374 g/mol. The molecule has 114 valence electrons. The Morgan fingerprint density at radius 1 is 1.38 bits per heavy atom. The summed E-state index contributed by atoms with van der Waals surface area (Å²) >= 11 is 3.22. The summed E-state index contributed by atoms with van der Waals surface area (Å²) < 4.78 is 29.2. The van der Waals surface area contributed by atoms with E-state index in [4.69, 9.17) is 5.11 Å². The zero-order valence-electron chi connectivity index (χ0n) is 11.2. The number of halogens is 1. The molecule has 0 aliphatic rings. The summed E-state index contributed by atoms with van der Waals surface area (Å²) in [5, 5.41) is 13.1. The van der Waals surface area contributed by atoms with Crippen LogP contribution in [0.2, 0.25) is 0 Å². The molecule has 1 heterocycles. The lowest BCUT2D eigenvalue weighted by atomic mass is 10.2. The first-order valence-corrected chi connectivity index (χ1v) is 8.67. The molecule has 0 fully saturated rings. The summed E-state index contributed by atoms with van der Waals surface area (Å²) in [5.41, 5.74) is 0.551. The monoisotopic (exact) mass is 373 g/mol. The van der Waals surface area contributed by atoms with Gasteiger partial charge in [0.15, 0.2) is 0 Å². The number of aliphatic hydroxyl groups is 1. The Morgan fingerprint density at radius 3 is 2.86 bits per heavy atom. The highest BCUT2D eigenvalue weighted by Gasteiger charge is 2.17. The average Bonchev–Trinajstić information content (AvgIpc) is 2.97. The largest absolute Gasteiger partial charge is 0.392 e. The summed E-state index contributed by atoms with van der Waals surface area (Å²) in [6.45, 7) is 0.764. The van der Waals surface area contributed by atoms with Gasteiger partial charge in [-0.1, -0.05) is 6.07 Å². The van der Waals surface area contributed by atoms with Crippen molar-refractivity contribution < 1.29 is 13.5 Å². The number of nitrogens with zero attached hydrogens (tertiary/aromatic N) is 2. The molecule has 8 heteroatoms. The van der Waals surface area contributed by atoms with Gasteiger partial charge in [-0.2, -0.15) is 5.10 Å². The molecule has 2 N–H and O–H groups in total. The fourth-order valence-corrected chi connectivity index (χ4v) is 3.90. The number of nitrogens with one attached hydrogen (secondary N) is 1. The highest BCUT2D eigenvalue weighted by atomic mass is 79.9. The molecule has 2 rings (SSSR count). The van der Waals surface area contributed by atoms with Crippen molar-refractivity contribution in [2.45, 2.75) is 24.5 Å². The Kier molecular flexibility index (Phi) is 5.51. The minimum atomic E-state index is -3.60. The first-order valence-electron chi connectivity index (χ1n) is 6.39. The second kappa shape index (κ2) is 7.17. The molecule has 0 aliphatic heterocycles. The van der Waals surface area contributed by atoms with E-state index in [-0.39, 0.29) is 11.5 Å². The van der Waals surface area contributed by atoms with Crippen LogP contribution in [0, 0.1) is 0 Å². The van der Waals surface area contributed by atoms with Crippen molar-refractivity contribution in [1.82, 2.24) is 14.5 Å². The van der Waals surface area contributed by atoms with Gasteiger partial charge in [-0.25, -0.2) is 13.1 Å². The summed E-state index contributed by atoms with van der Waals surface area (Å²) in [6, 6.07) is 6.56. The zero-order valence-corrected chi connectivity index (χ0v) is 13.6. The van der Waals surface area contributed by atoms with Crippen molar-refractivity contribution in [2.24, 2.45) is 0 Å². The summed E-state index contributed by atoms with van der Waals surface area (Å²) in [7, 11) is -3.60. The first-order chi connectivity index (χ1) is 10.0. The van der Waals surface area contributed by atoms with Crippen LogP contribution in [0.1, 0.15) is 12.0 Å². The maximum absolute atomic E-state index is 12.2. The normalized spacial score (nSPS) is 11.7. The number of aryl methyl sites for hydroxylation is 1. The number of hydrogen-bond donors (Lipinski definition) is 2. The Balaban J connectivity index is 1.98. The van der Waals surface area contributed by atoms with Crippen molar-refractivity contribution in [2.75, 3.05) is 6.54 Å². The number of sulfonamides is 1. The molecule has 0 amide bonds. The lowest BCUT2D eigenvalue weighted by Gasteiger charge is -2.10. The van der Waals surface area contributed by atoms with Crippen molar-refractivity contribution in [3.63, 3.8) is 0 Å². The molecule has 0 radical (unpaired) electrons. The van der Waals surface area contributed by atoms with Crippen molar-refractivity contribution in [1.29, 1.82) is 0 Å². The quantitative estimate of drug-likeness (QED) is 0.720. The van der Waals surface area contributed by atoms with Crippen molar-refractivity contribution >= 4 is 26.0 Å². The zero-order chi connectivity index (χ0) is 15.3. The molecule has 21 heavy (non-hydrogen) atoms. The highest BCUT2D eigenvalue weighted by molar-refractivity contribution is 9.10. The number of aromatic nitrogens is 2. The van der Waals surface area contributed by atoms with E-state index in [0.29, 0.717) is 29.5 Å². The van der Waals surface area contributed by atoms with E-state index in [1.165, 1.54) is 6.07 Å². The third-order valence-corrected chi connectivity index (χ3v) is 5.34. The van der Waals surface area contributed by atoms with Gasteiger partial charge in [0.05, 0.1) is 11.5 Å². The summed E-state index contributed by atoms with van der Waals surface area (Å²) in [6.07, 6.45) is 4.15. The predicted molar refractivity (Wildman–Crippen MR) is 82.1 cm³/mol. The smallest absolute Gasteiger partial charge is 0.241 e. The molecule has 2 aromatic rings. The van der Waals surface area contributed by atoms with Gasteiger partial charge in [0.1, 0.15) is 0 Å². The van der Waals surface area contributed by atoms with Gasteiger partial charge in [0, 0.05) is 30.0 Å². The van der Waals surface area contributed by atoms with E-state index in [1.54, 1.807) is 23.0 Å². The van der Waals surface area contributed by atoms with Gasteiger partial charge < -0.3 is 5.11 Å². The van der Waals surface area contributed by atoms with E-state index in [2.05, 4.69) is 25.8 Å². The van der Waals surface area contributed by atoms with E-state index in [0.717, 1.165) is 0 Å². The van der Waals surface area contributed by atoms with E-state index in [1.807, 2.05) is 12.3 Å². The van der Waals surface area contributed by atoms with Crippen LogP contribution in [0.15, 0.2) is 46.0 Å². The van der Waals surface area contributed by atoms with Crippen LogP contribution in [0.25, 0.3) is 0 Å². The van der Waals surface area contributed by atoms with Gasteiger partial charge in [-0.3, -0.25) is 4.68 Å². The molecule has 0 bridgehead atoms. The molecule has 1 aromatic heterocycles. The molecule has 0 unspecified atom stereocenters. The predicted octanol–water partition coefficient (Wildman–Crippen LogP) is 1.51. The highest BCUT2D eigenvalue weighted by Crippen LogP contribution is 2.23. The van der Waals surface area contributed by atoms with E-state index in [9.17, 15) is 8.42 Å². The van der Waals surface area contributed by atoms with E-state index >= 15 is 0 Å². The fourth-order valence-electron chi connectivity index (χ4n) is 1.81. The minimum Gasteiger partial charge on any atom is -0.392 e. The third-order valence-electron chi connectivity index (χ3n) is 2.88. The van der Waals surface area contributed by atoms with Crippen LogP contribution in [0.5, 0.6) is 0 Å². The second-order valence-corrected chi connectivity index (χ2v) is 7.03. The van der Waals surface area contributed by atoms with Gasteiger partial charge in [-0.05, 0) is 46.1 Å². The van der Waals surface area contributed by atoms with Gasteiger partial charge in [0.25, 0.3) is 0 Å². The van der Waals surface area contributed by atoms with Crippen LogP contribution in [-0.4, -0.2) is 29.8 Å². The minimum absolute atomic E-state index is 0.133. The molecule has 0 atom stereocenters. The van der Waals surface area contributed by atoms with Gasteiger partial charge in [0.2, 0.25) is 10.0 Å². The lowest BCUT2D eigenvalue weighted by molar-refractivity contribution is 0.281. The molecular formula is C13H16BrN3O3S. The van der Waals surface area contributed by atoms with Crippen LogP contribution >= 0.6 is 15.9 Å². The Labute approximate surface area is 132 Å². The SMILES string of the molecule is O=S(=O)(NCCCn1cccn1)c1cc(CO)ccc1Br. The van der Waals surface area contributed by atoms with Crippen molar-refractivity contribution in [3.8, 4) is 0 Å². The maximum Gasteiger partial charge on any atom is 0.241 e. The number of hydrogen-bond acceptors (Lipinski definition) is 4. The van der Waals surface area contributed by atoms with Crippen LogP contribution < -0.4 is 4.72 Å². The van der Waals surface area contributed by atoms with Crippen LogP contribution in [0.4, 0.5) is 0 Å². The molecule has 0 aliphatic carbocycles. The second-order valence-electron chi connectivity index (χ2n) is 4.44. The molecule has 0 saturated carbocycles.